The Morgan fingerprint density at radius 2 is 0.673 bits per heavy atom. The lowest BCUT2D eigenvalue weighted by Crippen LogP contribution is -2.61. The van der Waals surface area contributed by atoms with E-state index in [0.29, 0.717) is 0 Å². The van der Waals surface area contributed by atoms with Crippen molar-refractivity contribution < 1.29 is 8.83 Å². The molecule has 0 spiro atoms. The molecule has 5 heteroatoms. The highest BCUT2D eigenvalue weighted by molar-refractivity contribution is 7.00. The fourth-order valence-corrected chi connectivity index (χ4v) is 16.9. The van der Waals surface area contributed by atoms with Crippen LogP contribution in [-0.2, 0) is 28.1 Å². The van der Waals surface area contributed by atoms with E-state index in [4.69, 9.17) is 8.83 Å². The van der Waals surface area contributed by atoms with Gasteiger partial charge in [0.1, 0.15) is 22.3 Å². The SMILES string of the molecule is CC(C)(C)c1ccc(-c2cc(C(C)(C)C)ccc2N2c3ccc(-c4cccc5oc6ccccc6c45)cc3B3c4cc(-c5cccc6oc7ccccc7c56)ccc4N(c4ccc(C(C)(C)C)cc4-c4ccc(C(C)(C)C)cc4)c4cc(C5c6ccccc6Cc6ccccc65)cc2c43)cc1. The number of nitrogens with zero attached hydrogens (tertiary/aromatic N) is 2. The summed E-state index contributed by atoms with van der Waals surface area (Å²) in [6, 6.07) is 102. The van der Waals surface area contributed by atoms with E-state index >= 15 is 0 Å². The zero-order valence-corrected chi connectivity index (χ0v) is 60.0. The summed E-state index contributed by atoms with van der Waals surface area (Å²) >= 11 is 0. The van der Waals surface area contributed by atoms with Crippen molar-refractivity contribution in [1.82, 2.24) is 0 Å². The molecule has 3 aliphatic rings. The number of hydrogen-bond donors (Lipinski definition) is 0. The number of rotatable bonds is 7. The molecule has 13 aromatic carbocycles. The number of furan rings is 2. The summed E-state index contributed by atoms with van der Waals surface area (Å²) in [5.74, 6) is -0.0803. The van der Waals surface area contributed by atoms with Gasteiger partial charge in [0.15, 0.2) is 0 Å². The van der Waals surface area contributed by atoms with Crippen molar-refractivity contribution in [2.24, 2.45) is 0 Å². The van der Waals surface area contributed by atoms with Gasteiger partial charge >= 0.3 is 0 Å². The van der Waals surface area contributed by atoms with Gasteiger partial charge in [-0.2, -0.15) is 0 Å². The van der Waals surface area contributed by atoms with E-state index in [0.717, 1.165) is 107 Å². The molecular weight excluding hydrogens is 1220 g/mol. The molecule has 101 heavy (non-hydrogen) atoms. The van der Waals surface area contributed by atoms with E-state index in [9.17, 15) is 0 Å². The van der Waals surface area contributed by atoms with Crippen LogP contribution in [0.4, 0.5) is 34.1 Å². The molecule has 0 atom stereocenters. The lowest BCUT2D eigenvalue weighted by molar-refractivity contribution is 0.589. The van der Waals surface area contributed by atoms with Crippen molar-refractivity contribution in [3.05, 3.63) is 317 Å². The number of anilines is 6. The first kappa shape index (κ1) is 62.4. The maximum absolute atomic E-state index is 6.71. The lowest BCUT2D eigenvalue weighted by Gasteiger charge is -2.46. The number of para-hydroxylation sites is 2. The Kier molecular flexibility index (Phi) is 14.1. The van der Waals surface area contributed by atoms with Crippen molar-refractivity contribution in [2.45, 2.75) is 117 Å². The molecule has 0 bridgehead atoms. The van der Waals surface area contributed by atoms with Crippen LogP contribution in [0.1, 0.15) is 139 Å². The van der Waals surface area contributed by atoms with E-state index in [-0.39, 0.29) is 34.3 Å². The molecule has 0 unspecified atom stereocenters. The predicted octanol–water partition coefficient (Wildman–Crippen LogP) is 24.5. The van der Waals surface area contributed by atoms with Gasteiger partial charge in [0.05, 0.1) is 11.4 Å². The van der Waals surface area contributed by atoms with Crippen molar-refractivity contribution in [3.63, 3.8) is 0 Å². The molecular formula is C96H83BN2O2. The van der Waals surface area contributed by atoms with Crippen LogP contribution in [0.15, 0.2) is 276 Å². The summed E-state index contributed by atoms with van der Waals surface area (Å²) in [5.41, 5.74) is 34.8. The molecule has 492 valence electrons. The Balaban J connectivity index is 1.01. The zero-order chi connectivity index (χ0) is 69.2. The van der Waals surface area contributed by atoms with E-state index in [1.54, 1.807) is 0 Å². The molecule has 15 aromatic rings. The van der Waals surface area contributed by atoms with Crippen LogP contribution in [0.5, 0.6) is 0 Å². The minimum atomic E-state index is -0.273. The van der Waals surface area contributed by atoms with Gasteiger partial charge in [-0.1, -0.05) is 277 Å². The fraction of sp³-hybridized carbons (Fsp3) is 0.188. The molecule has 0 fully saturated rings. The molecule has 0 saturated carbocycles. The van der Waals surface area contributed by atoms with Crippen LogP contribution >= 0.6 is 0 Å². The van der Waals surface area contributed by atoms with Crippen LogP contribution in [0.3, 0.4) is 0 Å². The van der Waals surface area contributed by atoms with Gasteiger partial charge in [-0.05, 0) is 201 Å². The van der Waals surface area contributed by atoms with E-state index in [1.165, 1.54) is 88.7 Å². The minimum Gasteiger partial charge on any atom is -0.456 e. The first-order chi connectivity index (χ1) is 48.6. The van der Waals surface area contributed by atoms with Crippen LogP contribution in [0.2, 0.25) is 0 Å². The molecule has 0 radical (unpaired) electrons. The van der Waals surface area contributed by atoms with Gasteiger partial charge in [-0.25, -0.2) is 0 Å². The largest absolute Gasteiger partial charge is 0.456 e. The maximum atomic E-state index is 6.71. The lowest BCUT2D eigenvalue weighted by atomic mass is 9.33. The fourth-order valence-electron chi connectivity index (χ4n) is 16.9. The second-order valence-electron chi connectivity index (χ2n) is 32.8. The highest BCUT2D eigenvalue weighted by Gasteiger charge is 2.46. The average Bonchev–Trinajstić information content (AvgIpc) is 0.779. The van der Waals surface area contributed by atoms with Crippen molar-refractivity contribution in [2.75, 3.05) is 9.80 Å². The van der Waals surface area contributed by atoms with Crippen LogP contribution in [-0.4, -0.2) is 6.71 Å². The molecule has 0 amide bonds. The third kappa shape index (κ3) is 10.2. The summed E-state index contributed by atoms with van der Waals surface area (Å²) in [5, 5.41) is 4.45. The third-order valence-electron chi connectivity index (χ3n) is 22.3. The minimum absolute atomic E-state index is 0.0280. The number of hydrogen-bond acceptors (Lipinski definition) is 4. The third-order valence-corrected chi connectivity index (χ3v) is 22.3. The molecule has 1 aliphatic carbocycles. The molecule has 4 nitrogen and oxygen atoms in total. The average molecular weight is 1310 g/mol. The number of fused-ring (bicyclic) bond motifs is 12. The van der Waals surface area contributed by atoms with Crippen molar-refractivity contribution in [1.29, 1.82) is 0 Å². The molecule has 0 saturated heterocycles. The summed E-state index contributed by atoms with van der Waals surface area (Å²) < 4.78 is 13.4. The summed E-state index contributed by atoms with van der Waals surface area (Å²) in [6.45, 7) is 27.7. The quantitative estimate of drug-likeness (QED) is 0.149. The Morgan fingerprint density at radius 1 is 0.307 bits per heavy atom. The molecule has 4 heterocycles. The standard InChI is InChI=1S/C96H83BN2O2/c1-93(2,3)65-41-35-58(36-42-65)75-56-67(95(7,8)9)45-49-79(75)98-81-47-39-62(71-29-21-33-87-90(71)73-27-17-19-31-85(73)100-87)52-77(81)97-78-53-63(72-30-22-34-88-91(72)74-28-18-20-32-86(74)101-88)40-48-82(78)99(80-50-46-68(96(10,11)12)57-76(80)59-37-43-66(44-38-59)94(4,5)6)84-55-64(54-83(98)92(84)97)89-69-25-15-13-23-60(69)51-61-24-14-16-26-70(61)89/h13-50,52-57,89H,51H2,1-12H3. The predicted molar refractivity (Wildman–Crippen MR) is 428 cm³/mol. The highest BCUT2D eigenvalue weighted by Crippen LogP contribution is 2.54. The Bertz CT molecular complexity index is 5520. The monoisotopic (exact) mass is 1310 g/mol. The van der Waals surface area contributed by atoms with Crippen LogP contribution in [0.25, 0.3) is 88.4 Å². The smallest absolute Gasteiger partial charge is 0.252 e. The van der Waals surface area contributed by atoms with Crippen LogP contribution in [0, 0.1) is 0 Å². The highest BCUT2D eigenvalue weighted by atomic mass is 16.3. The Hall–Kier alpha value is -10.9. The number of benzene rings is 13. The van der Waals surface area contributed by atoms with Gasteiger partial charge in [-0.15, -0.1) is 0 Å². The first-order valence-corrected chi connectivity index (χ1v) is 36.1. The molecule has 2 aromatic heterocycles. The summed E-state index contributed by atoms with van der Waals surface area (Å²) in [6.07, 6.45) is 0.881. The van der Waals surface area contributed by atoms with Gasteiger partial charge in [0.2, 0.25) is 0 Å². The zero-order valence-electron chi connectivity index (χ0n) is 60.0. The topological polar surface area (TPSA) is 32.8 Å². The normalized spacial score (nSPS) is 13.8. The first-order valence-electron chi connectivity index (χ1n) is 36.1. The van der Waals surface area contributed by atoms with Crippen molar-refractivity contribution in [3.8, 4) is 44.5 Å². The molecule has 2 aliphatic heterocycles. The van der Waals surface area contributed by atoms with Gasteiger partial charge in [-0.3, -0.25) is 0 Å². The van der Waals surface area contributed by atoms with Gasteiger partial charge in [0, 0.05) is 61.3 Å². The summed E-state index contributed by atoms with van der Waals surface area (Å²) in [4.78, 5) is 5.37. The summed E-state index contributed by atoms with van der Waals surface area (Å²) in [7, 11) is 0. The van der Waals surface area contributed by atoms with Gasteiger partial charge in [0.25, 0.3) is 6.71 Å². The van der Waals surface area contributed by atoms with Crippen molar-refractivity contribution >= 4 is 101 Å². The Labute approximate surface area is 594 Å². The van der Waals surface area contributed by atoms with E-state index in [2.05, 4.69) is 360 Å². The second-order valence-corrected chi connectivity index (χ2v) is 32.8. The maximum Gasteiger partial charge on any atom is 0.252 e. The van der Waals surface area contributed by atoms with E-state index < -0.39 is 0 Å². The van der Waals surface area contributed by atoms with Gasteiger partial charge < -0.3 is 18.6 Å². The second kappa shape index (κ2) is 22.8. The Morgan fingerprint density at radius 3 is 1.10 bits per heavy atom. The molecule has 18 rings (SSSR count). The van der Waals surface area contributed by atoms with E-state index in [1.807, 2.05) is 0 Å². The van der Waals surface area contributed by atoms with Crippen LogP contribution < -0.4 is 26.2 Å². The molecule has 0 N–H and O–H groups in total.